The van der Waals surface area contributed by atoms with Crippen LogP contribution in [0.2, 0.25) is 0 Å². The first kappa shape index (κ1) is 18.9. The molecule has 1 saturated heterocycles. The summed E-state index contributed by atoms with van der Waals surface area (Å²) in [4.78, 5) is 25.1. The average Bonchev–Trinajstić information content (AvgIpc) is 2.79. The van der Waals surface area contributed by atoms with E-state index in [2.05, 4.69) is 20.2 Å². The molecule has 3 heterocycles. The Labute approximate surface area is 169 Å². The van der Waals surface area contributed by atoms with Crippen molar-refractivity contribution in [3.05, 3.63) is 84.2 Å². The molecule has 0 unspecified atom stereocenters. The summed E-state index contributed by atoms with van der Waals surface area (Å²) in [6.45, 7) is 3.30. The van der Waals surface area contributed by atoms with Crippen LogP contribution in [0.1, 0.15) is 15.9 Å². The van der Waals surface area contributed by atoms with Crippen LogP contribution in [0.15, 0.2) is 67.3 Å². The molecule has 1 N–H and O–H groups in total. The van der Waals surface area contributed by atoms with Crippen molar-refractivity contribution >= 4 is 17.3 Å². The maximum atomic E-state index is 13.1. The van der Waals surface area contributed by atoms with E-state index in [-0.39, 0.29) is 11.7 Å². The lowest BCUT2D eigenvalue weighted by Crippen LogP contribution is -2.48. The standard InChI is InChI=1S/C22H22FN5O/c23-19-1-3-21(4-2-19)27-9-11-28(12-10-27)22(29)18-13-20(16-25-15-18)26-14-17-5-7-24-8-6-17/h1-8,13,15-16,26H,9-12,14H2. The Hall–Kier alpha value is -3.48. The predicted molar refractivity (Wildman–Crippen MR) is 110 cm³/mol. The quantitative estimate of drug-likeness (QED) is 0.724. The van der Waals surface area contributed by atoms with E-state index in [1.54, 1.807) is 36.9 Å². The Morgan fingerprint density at radius 1 is 0.966 bits per heavy atom. The number of benzene rings is 1. The number of pyridine rings is 2. The summed E-state index contributed by atoms with van der Waals surface area (Å²) >= 11 is 0. The monoisotopic (exact) mass is 391 g/mol. The molecule has 7 heteroatoms. The van der Waals surface area contributed by atoms with Gasteiger partial charge in [0.1, 0.15) is 5.82 Å². The molecule has 0 aliphatic carbocycles. The highest BCUT2D eigenvalue weighted by Gasteiger charge is 2.22. The number of nitrogens with zero attached hydrogens (tertiary/aromatic N) is 4. The van der Waals surface area contributed by atoms with E-state index in [0.29, 0.717) is 38.3 Å². The molecule has 0 spiro atoms. The number of anilines is 2. The van der Waals surface area contributed by atoms with Crippen molar-refractivity contribution in [1.82, 2.24) is 14.9 Å². The molecule has 1 aliphatic rings. The molecule has 29 heavy (non-hydrogen) atoms. The van der Waals surface area contributed by atoms with E-state index in [9.17, 15) is 9.18 Å². The van der Waals surface area contributed by atoms with Crippen LogP contribution in [-0.2, 0) is 6.54 Å². The maximum Gasteiger partial charge on any atom is 0.255 e. The molecule has 1 amide bonds. The SMILES string of the molecule is O=C(c1cncc(NCc2ccncc2)c1)N1CCN(c2ccc(F)cc2)CC1. The summed E-state index contributed by atoms with van der Waals surface area (Å²) in [5.41, 5.74) is 3.45. The van der Waals surface area contributed by atoms with Crippen molar-refractivity contribution in [2.45, 2.75) is 6.54 Å². The normalized spacial score (nSPS) is 14.0. The largest absolute Gasteiger partial charge is 0.380 e. The summed E-state index contributed by atoms with van der Waals surface area (Å²) in [6, 6.07) is 12.2. The molecule has 1 fully saturated rings. The number of amides is 1. The van der Waals surface area contributed by atoms with Crippen LogP contribution in [0.3, 0.4) is 0 Å². The number of halogens is 1. The van der Waals surface area contributed by atoms with Crippen molar-refractivity contribution in [2.75, 3.05) is 36.4 Å². The van der Waals surface area contributed by atoms with Crippen molar-refractivity contribution in [1.29, 1.82) is 0 Å². The van der Waals surface area contributed by atoms with Gasteiger partial charge in [0.05, 0.1) is 11.3 Å². The number of hydrogen-bond acceptors (Lipinski definition) is 5. The fourth-order valence-corrected chi connectivity index (χ4v) is 3.36. The van der Waals surface area contributed by atoms with Gasteiger partial charge in [-0.1, -0.05) is 0 Å². The van der Waals surface area contributed by atoms with E-state index in [1.165, 1.54) is 12.1 Å². The Balaban J connectivity index is 1.35. The lowest BCUT2D eigenvalue weighted by molar-refractivity contribution is 0.0746. The maximum absolute atomic E-state index is 13.1. The Kier molecular flexibility index (Phi) is 5.65. The lowest BCUT2D eigenvalue weighted by atomic mass is 10.2. The zero-order valence-electron chi connectivity index (χ0n) is 16.0. The average molecular weight is 391 g/mol. The molecule has 0 atom stereocenters. The van der Waals surface area contributed by atoms with E-state index in [4.69, 9.17) is 0 Å². The second-order valence-corrected chi connectivity index (χ2v) is 6.93. The van der Waals surface area contributed by atoms with Crippen molar-refractivity contribution < 1.29 is 9.18 Å². The first-order chi connectivity index (χ1) is 14.2. The molecule has 0 saturated carbocycles. The van der Waals surface area contributed by atoms with Gasteiger partial charge in [-0.2, -0.15) is 0 Å². The second kappa shape index (κ2) is 8.68. The van der Waals surface area contributed by atoms with Crippen molar-refractivity contribution in [3.63, 3.8) is 0 Å². The van der Waals surface area contributed by atoms with Gasteiger partial charge in [-0.25, -0.2) is 4.39 Å². The minimum absolute atomic E-state index is 0.0242. The zero-order valence-corrected chi connectivity index (χ0v) is 16.0. The third kappa shape index (κ3) is 4.68. The van der Waals surface area contributed by atoms with E-state index >= 15 is 0 Å². The number of hydrogen-bond donors (Lipinski definition) is 1. The minimum Gasteiger partial charge on any atom is -0.380 e. The first-order valence-corrected chi connectivity index (χ1v) is 9.57. The first-order valence-electron chi connectivity index (χ1n) is 9.57. The van der Waals surface area contributed by atoms with Crippen LogP contribution in [0, 0.1) is 5.82 Å². The number of nitrogens with one attached hydrogen (secondary N) is 1. The highest BCUT2D eigenvalue weighted by molar-refractivity contribution is 5.95. The third-order valence-electron chi connectivity index (χ3n) is 4.99. The molecule has 148 valence electrons. The van der Waals surface area contributed by atoms with E-state index in [1.807, 2.05) is 23.1 Å². The molecule has 3 aromatic rings. The van der Waals surface area contributed by atoms with Crippen molar-refractivity contribution in [3.8, 4) is 0 Å². The van der Waals surface area contributed by atoms with Crippen LogP contribution in [0.25, 0.3) is 0 Å². The third-order valence-corrected chi connectivity index (χ3v) is 4.99. The van der Waals surface area contributed by atoms with Gasteiger partial charge in [-0.15, -0.1) is 0 Å². The molecular weight excluding hydrogens is 369 g/mol. The molecule has 0 radical (unpaired) electrons. The van der Waals surface area contributed by atoms with Gasteiger partial charge >= 0.3 is 0 Å². The second-order valence-electron chi connectivity index (χ2n) is 6.93. The van der Waals surface area contributed by atoms with Gasteiger partial charge in [0.2, 0.25) is 0 Å². The molecular formula is C22H22FN5O. The van der Waals surface area contributed by atoms with Gasteiger partial charge in [0.15, 0.2) is 0 Å². The van der Waals surface area contributed by atoms with Gasteiger partial charge < -0.3 is 15.1 Å². The summed E-state index contributed by atoms with van der Waals surface area (Å²) in [6.07, 6.45) is 6.82. The number of aromatic nitrogens is 2. The van der Waals surface area contributed by atoms with Crippen molar-refractivity contribution in [2.24, 2.45) is 0 Å². The highest BCUT2D eigenvalue weighted by Crippen LogP contribution is 2.18. The van der Waals surface area contributed by atoms with Crippen LogP contribution in [0.5, 0.6) is 0 Å². The fourth-order valence-electron chi connectivity index (χ4n) is 3.36. The predicted octanol–water partition coefficient (Wildman–Crippen LogP) is 3.19. The Morgan fingerprint density at radius 3 is 2.41 bits per heavy atom. The van der Waals surface area contributed by atoms with Crippen LogP contribution in [0.4, 0.5) is 15.8 Å². The smallest absolute Gasteiger partial charge is 0.255 e. The molecule has 1 aromatic carbocycles. The molecule has 2 aromatic heterocycles. The van der Waals surface area contributed by atoms with Crippen LogP contribution >= 0.6 is 0 Å². The van der Waals surface area contributed by atoms with Gasteiger partial charge in [0, 0.05) is 63.2 Å². The highest BCUT2D eigenvalue weighted by atomic mass is 19.1. The van der Waals surface area contributed by atoms with Crippen LogP contribution in [-0.4, -0.2) is 47.0 Å². The number of carbonyl (C=O) groups excluding carboxylic acids is 1. The Morgan fingerprint density at radius 2 is 1.69 bits per heavy atom. The topological polar surface area (TPSA) is 61.4 Å². The lowest BCUT2D eigenvalue weighted by Gasteiger charge is -2.36. The summed E-state index contributed by atoms with van der Waals surface area (Å²) in [5.74, 6) is -0.267. The number of rotatable bonds is 5. The molecule has 0 bridgehead atoms. The molecule has 6 nitrogen and oxygen atoms in total. The number of piperazine rings is 1. The van der Waals surface area contributed by atoms with Gasteiger partial charge in [-0.3, -0.25) is 14.8 Å². The number of carbonyl (C=O) groups is 1. The summed E-state index contributed by atoms with van der Waals surface area (Å²) in [5, 5.41) is 3.29. The molecule has 4 rings (SSSR count). The van der Waals surface area contributed by atoms with E-state index in [0.717, 1.165) is 16.9 Å². The minimum atomic E-state index is -0.243. The van der Waals surface area contributed by atoms with Crippen LogP contribution < -0.4 is 10.2 Å². The van der Waals surface area contributed by atoms with E-state index < -0.39 is 0 Å². The molecule has 1 aliphatic heterocycles. The zero-order chi connectivity index (χ0) is 20.1. The van der Waals surface area contributed by atoms with Gasteiger partial charge in [0.25, 0.3) is 5.91 Å². The van der Waals surface area contributed by atoms with Gasteiger partial charge in [-0.05, 0) is 48.0 Å². The Bertz CT molecular complexity index is 956. The summed E-state index contributed by atoms with van der Waals surface area (Å²) in [7, 11) is 0. The fraction of sp³-hybridized carbons (Fsp3) is 0.227. The summed E-state index contributed by atoms with van der Waals surface area (Å²) < 4.78 is 13.1.